The smallest absolute Gasteiger partial charge is 0.352 e. The molecule has 3 aromatic rings. The molecule has 0 radical (unpaired) electrons. The van der Waals surface area contributed by atoms with Crippen molar-refractivity contribution < 1.29 is 22.8 Å². The zero-order valence-electron chi connectivity index (χ0n) is 16.4. The molecule has 1 aromatic carbocycles. The number of benzene rings is 1. The fraction of sp³-hybridized carbons (Fsp3) is 0.300. The van der Waals surface area contributed by atoms with Crippen molar-refractivity contribution in [3.63, 3.8) is 0 Å². The van der Waals surface area contributed by atoms with Gasteiger partial charge in [-0.25, -0.2) is 9.50 Å². The predicted molar refractivity (Wildman–Crippen MR) is 105 cm³/mol. The number of rotatable bonds is 6. The molecule has 0 aliphatic carbocycles. The molecule has 158 valence electrons. The van der Waals surface area contributed by atoms with Gasteiger partial charge in [-0.1, -0.05) is 12.1 Å². The Morgan fingerprint density at radius 2 is 2.00 bits per heavy atom. The molecule has 0 aliphatic rings. The summed E-state index contributed by atoms with van der Waals surface area (Å²) in [5, 5.41) is 6.52. The SMILES string of the molecule is CCN(C(C)=O)c1cccc(-c2ccnc3c(CNC(=O)CC(F)(F)F)cnn23)c1. The number of fused-ring (bicyclic) bond motifs is 1. The number of carbonyl (C=O) groups is 2. The van der Waals surface area contributed by atoms with E-state index in [2.05, 4.69) is 15.4 Å². The van der Waals surface area contributed by atoms with E-state index in [1.807, 2.05) is 31.2 Å². The van der Waals surface area contributed by atoms with E-state index >= 15 is 0 Å². The van der Waals surface area contributed by atoms with Crippen molar-refractivity contribution in [2.75, 3.05) is 11.4 Å². The average molecular weight is 419 g/mol. The van der Waals surface area contributed by atoms with E-state index in [-0.39, 0.29) is 12.5 Å². The minimum absolute atomic E-state index is 0.0782. The largest absolute Gasteiger partial charge is 0.397 e. The Kier molecular flexibility index (Phi) is 6.04. The van der Waals surface area contributed by atoms with Gasteiger partial charge in [0, 0.05) is 43.0 Å². The first-order valence-electron chi connectivity index (χ1n) is 9.23. The number of hydrogen-bond donors (Lipinski definition) is 1. The van der Waals surface area contributed by atoms with Crippen LogP contribution in [-0.4, -0.2) is 39.1 Å². The van der Waals surface area contributed by atoms with E-state index in [0.717, 1.165) is 11.3 Å². The minimum atomic E-state index is -4.56. The van der Waals surface area contributed by atoms with Crippen molar-refractivity contribution in [2.45, 2.75) is 33.0 Å². The summed E-state index contributed by atoms with van der Waals surface area (Å²) in [6.07, 6.45) is -3.09. The van der Waals surface area contributed by atoms with Gasteiger partial charge in [-0.15, -0.1) is 0 Å². The van der Waals surface area contributed by atoms with Gasteiger partial charge in [0.2, 0.25) is 11.8 Å². The average Bonchev–Trinajstić information content (AvgIpc) is 3.09. The molecule has 3 rings (SSSR count). The normalized spacial score (nSPS) is 11.5. The Labute approximate surface area is 170 Å². The Balaban J connectivity index is 1.89. The second-order valence-electron chi connectivity index (χ2n) is 6.62. The van der Waals surface area contributed by atoms with Crippen molar-refractivity contribution in [3.8, 4) is 11.3 Å². The molecule has 0 fully saturated rings. The summed E-state index contributed by atoms with van der Waals surface area (Å²) >= 11 is 0. The summed E-state index contributed by atoms with van der Waals surface area (Å²) in [7, 11) is 0. The highest BCUT2D eigenvalue weighted by atomic mass is 19.4. The van der Waals surface area contributed by atoms with Crippen molar-refractivity contribution in [3.05, 3.63) is 48.3 Å². The molecular formula is C20H20F3N5O2. The lowest BCUT2D eigenvalue weighted by atomic mass is 10.1. The Hall–Kier alpha value is -3.43. The highest BCUT2D eigenvalue weighted by Crippen LogP contribution is 2.26. The van der Waals surface area contributed by atoms with Gasteiger partial charge in [-0.3, -0.25) is 9.59 Å². The lowest BCUT2D eigenvalue weighted by Crippen LogP contribution is -2.28. The molecule has 30 heavy (non-hydrogen) atoms. The maximum absolute atomic E-state index is 12.3. The summed E-state index contributed by atoms with van der Waals surface area (Å²) in [5.74, 6) is -1.19. The van der Waals surface area contributed by atoms with Crippen LogP contribution in [0.1, 0.15) is 25.8 Å². The zero-order chi connectivity index (χ0) is 21.9. The van der Waals surface area contributed by atoms with Crippen LogP contribution in [0.5, 0.6) is 0 Å². The van der Waals surface area contributed by atoms with Crippen LogP contribution in [0.15, 0.2) is 42.7 Å². The van der Waals surface area contributed by atoms with Crippen LogP contribution in [0.3, 0.4) is 0 Å². The van der Waals surface area contributed by atoms with Gasteiger partial charge >= 0.3 is 6.18 Å². The summed E-state index contributed by atoms with van der Waals surface area (Å²) in [6.45, 7) is 3.77. The molecule has 0 saturated heterocycles. The molecule has 0 aliphatic heterocycles. The van der Waals surface area contributed by atoms with Crippen LogP contribution >= 0.6 is 0 Å². The van der Waals surface area contributed by atoms with Gasteiger partial charge in [0.25, 0.3) is 0 Å². The van der Waals surface area contributed by atoms with Gasteiger partial charge in [-0.2, -0.15) is 18.3 Å². The van der Waals surface area contributed by atoms with E-state index in [1.54, 1.807) is 21.7 Å². The van der Waals surface area contributed by atoms with Crippen LogP contribution < -0.4 is 10.2 Å². The van der Waals surface area contributed by atoms with Gasteiger partial charge in [0.15, 0.2) is 5.65 Å². The highest BCUT2D eigenvalue weighted by molar-refractivity contribution is 5.92. The molecule has 1 N–H and O–H groups in total. The number of anilines is 1. The quantitative estimate of drug-likeness (QED) is 0.665. The molecule has 0 unspecified atom stereocenters. The van der Waals surface area contributed by atoms with Gasteiger partial charge in [0.1, 0.15) is 6.42 Å². The Bertz CT molecular complexity index is 1080. The number of amides is 2. The van der Waals surface area contributed by atoms with Crippen molar-refractivity contribution in [1.29, 1.82) is 0 Å². The molecule has 10 heteroatoms. The summed E-state index contributed by atoms with van der Waals surface area (Å²) in [6, 6.07) is 9.11. The lowest BCUT2D eigenvalue weighted by molar-refractivity contribution is -0.153. The van der Waals surface area contributed by atoms with Crippen LogP contribution in [0.2, 0.25) is 0 Å². The van der Waals surface area contributed by atoms with E-state index < -0.39 is 18.5 Å². The fourth-order valence-electron chi connectivity index (χ4n) is 3.14. The highest BCUT2D eigenvalue weighted by Gasteiger charge is 2.31. The Morgan fingerprint density at radius 3 is 2.67 bits per heavy atom. The monoisotopic (exact) mass is 419 g/mol. The fourth-order valence-corrected chi connectivity index (χ4v) is 3.14. The molecule has 2 amide bonds. The van der Waals surface area contributed by atoms with Gasteiger partial charge in [-0.05, 0) is 25.1 Å². The van der Waals surface area contributed by atoms with E-state index in [0.29, 0.717) is 23.4 Å². The maximum atomic E-state index is 12.3. The predicted octanol–water partition coefficient (Wildman–Crippen LogP) is 3.34. The van der Waals surface area contributed by atoms with Crippen molar-refractivity contribution >= 4 is 23.1 Å². The second-order valence-corrected chi connectivity index (χ2v) is 6.62. The number of nitrogens with one attached hydrogen (secondary N) is 1. The summed E-state index contributed by atoms with van der Waals surface area (Å²) in [5.41, 5.74) is 3.12. The molecule has 0 saturated carbocycles. The molecule has 2 heterocycles. The first-order chi connectivity index (χ1) is 14.2. The first kappa shape index (κ1) is 21.3. The maximum Gasteiger partial charge on any atom is 0.397 e. The van der Waals surface area contributed by atoms with Gasteiger partial charge in [0.05, 0.1) is 11.9 Å². The summed E-state index contributed by atoms with van der Waals surface area (Å²) < 4.78 is 38.5. The molecule has 7 nitrogen and oxygen atoms in total. The number of carbonyl (C=O) groups excluding carboxylic acids is 2. The number of halogens is 3. The van der Waals surface area contributed by atoms with Crippen LogP contribution in [-0.2, 0) is 16.1 Å². The van der Waals surface area contributed by atoms with Gasteiger partial charge < -0.3 is 10.2 Å². The van der Waals surface area contributed by atoms with Crippen molar-refractivity contribution in [2.24, 2.45) is 0 Å². The lowest BCUT2D eigenvalue weighted by Gasteiger charge is -2.19. The van der Waals surface area contributed by atoms with Crippen LogP contribution in [0.4, 0.5) is 18.9 Å². The Morgan fingerprint density at radius 1 is 1.23 bits per heavy atom. The zero-order valence-corrected chi connectivity index (χ0v) is 16.4. The van der Waals surface area contributed by atoms with Crippen LogP contribution in [0, 0.1) is 0 Å². The van der Waals surface area contributed by atoms with E-state index in [1.165, 1.54) is 13.1 Å². The third-order valence-corrected chi connectivity index (χ3v) is 4.46. The topological polar surface area (TPSA) is 79.6 Å². The third-order valence-electron chi connectivity index (χ3n) is 4.46. The number of hydrogen-bond acceptors (Lipinski definition) is 4. The number of aromatic nitrogens is 3. The minimum Gasteiger partial charge on any atom is -0.352 e. The van der Waals surface area contributed by atoms with E-state index in [4.69, 9.17) is 0 Å². The second kappa shape index (κ2) is 8.52. The molecule has 0 spiro atoms. The number of nitrogens with zero attached hydrogens (tertiary/aromatic N) is 4. The molecule has 2 aromatic heterocycles. The number of alkyl halides is 3. The standard InChI is InChI=1S/C20H20F3N5O2/c1-3-27(13(2)29)16-6-4-5-14(9-16)17-7-8-24-19-15(12-26-28(17)19)11-25-18(30)10-20(21,22)23/h4-9,12H,3,10-11H2,1-2H3,(H,25,30). The molecule has 0 atom stereocenters. The third kappa shape index (κ3) is 4.76. The first-order valence-corrected chi connectivity index (χ1v) is 9.23. The molecular weight excluding hydrogens is 399 g/mol. The van der Waals surface area contributed by atoms with Crippen LogP contribution in [0.25, 0.3) is 16.9 Å². The van der Waals surface area contributed by atoms with Crippen molar-refractivity contribution in [1.82, 2.24) is 19.9 Å². The molecule has 0 bridgehead atoms. The summed E-state index contributed by atoms with van der Waals surface area (Å²) in [4.78, 5) is 29.2. The van der Waals surface area contributed by atoms with E-state index in [9.17, 15) is 22.8 Å².